The predicted octanol–water partition coefficient (Wildman–Crippen LogP) is 3.45. The van der Waals surface area contributed by atoms with Gasteiger partial charge in [0, 0.05) is 12.8 Å². The van der Waals surface area contributed by atoms with Crippen molar-refractivity contribution in [1.29, 1.82) is 0 Å². The fourth-order valence-corrected chi connectivity index (χ4v) is 2.75. The summed E-state index contributed by atoms with van der Waals surface area (Å²) in [6, 6.07) is 11.0. The van der Waals surface area contributed by atoms with Crippen LogP contribution in [0.2, 0.25) is 5.28 Å². The highest BCUT2D eigenvalue weighted by Gasteiger charge is 2.30. The molecule has 1 aromatic carbocycles. The molecule has 0 aliphatic carbocycles. The van der Waals surface area contributed by atoms with Crippen LogP contribution in [0.1, 0.15) is 18.4 Å². The fourth-order valence-electron chi connectivity index (χ4n) is 2.61. The van der Waals surface area contributed by atoms with Gasteiger partial charge in [0.15, 0.2) is 0 Å². The first-order chi connectivity index (χ1) is 11.7. The lowest BCUT2D eigenvalue weighted by molar-refractivity contribution is 0.0741. The van der Waals surface area contributed by atoms with Gasteiger partial charge in [0.05, 0.1) is 12.6 Å². The maximum atomic E-state index is 12.7. The summed E-state index contributed by atoms with van der Waals surface area (Å²) in [5, 5.41) is 0.0880. The molecule has 0 N–H and O–H groups in total. The lowest BCUT2D eigenvalue weighted by Crippen LogP contribution is -2.45. The number of rotatable bonds is 4. The SMILES string of the molecule is O=C(OCc1ccccc1)N(c1ccnc(Cl)n1)C1CCCOC1. The summed E-state index contributed by atoms with van der Waals surface area (Å²) in [4.78, 5) is 22.2. The molecular formula is C17H18ClN3O3. The van der Waals surface area contributed by atoms with E-state index >= 15 is 0 Å². The number of benzene rings is 1. The minimum Gasteiger partial charge on any atom is -0.444 e. The number of ether oxygens (including phenoxy) is 2. The third kappa shape index (κ3) is 4.21. The van der Waals surface area contributed by atoms with Crippen LogP contribution in [0.25, 0.3) is 0 Å². The van der Waals surface area contributed by atoms with Crippen LogP contribution < -0.4 is 4.90 Å². The largest absolute Gasteiger partial charge is 0.444 e. The number of nitrogens with zero attached hydrogens (tertiary/aromatic N) is 3. The monoisotopic (exact) mass is 347 g/mol. The summed E-state index contributed by atoms with van der Waals surface area (Å²) in [7, 11) is 0. The van der Waals surface area contributed by atoms with E-state index in [9.17, 15) is 4.79 Å². The van der Waals surface area contributed by atoms with Gasteiger partial charge in [-0.15, -0.1) is 0 Å². The van der Waals surface area contributed by atoms with Gasteiger partial charge in [-0.25, -0.2) is 14.8 Å². The van der Waals surface area contributed by atoms with Crippen molar-refractivity contribution in [2.45, 2.75) is 25.5 Å². The maximum absolute atomic E-state index is 12.7. The second-order valence-corrected chi connectivity index (χ2v) is 5.80. The van der Waals surface area contributed by atoms with Crippen molar-refractivity contribution in [2.24, 2.45) is 0 Å². The van der Waals surface area contributed by atoms with Gasteiger partial charge >= 0.3 is 6.09 Å². The quantitative estimate of drug-likeness (QED) is 0.792. The molecule has 2 aromatic rings. The Morgan fingerprint density at radius 2 is 2.17 bits per heavy atom. The minimum absolute atomic E-state index is 0.0880. The summed E-state index contributed by atoms with van der Waals surface area (Å²) in [5.74, 6) is 0.420. The van der Waals surface area contributed by atoms with Gasteiger partial charge < -0.3 is 9.47 Å². The molecule has 1 atom stereocenters. The summed E-state index contributed by atoms with van der Waals surface area (Å²) >= 11 is 5.87. The predicted molar refractivity (Wildman–Crippen MR) is 90.0 cm³/mol. The summed E-state index contributed by atoms with van der Waals surface area (Å²) < 4.78 is 11.0. The van der Waals surface area contributed by atoms with Crippen LogP contribution >= 0.6 is 11.6 Å². The first-order valence-electron chi connectivity index (χ1n) is 7.80. The lowest BCUT2D eigenvalue weighted by Gasteiger charge is -2.32. The second-order valence-electron chi connectivity index (χ2n) is 5.47. The third-order valence-corrected chi connectivity index (χ3v) is 3.94. The zero-order chi connectivity index (χ0) is 16.8. The van der Waals surface area contributed by atoms with E-state index in [4.69, 9.17) is 21.1 Å². The molecule has 1 saturated heterocycles. The molecule has 24 heavy (non-hydrogen) atoms. The second kappa shape index (κ2) is 8.08. The zero-order valence-electron chi connectivity index (χ0n) is 13.1. The van der Waals surface area contributed by atoms with Gasteiger partial charge in [-0.2, -0.15) is 0 Å². The molecule has 126 valence electrons. The van der Waals surface area contributed by atoms with Gasteiger partial charge in [0.2, 0.25) is 5.28 Å². The number of amides is 1. The highest BCUT2D eigenvalue weighted by Crippen LogP contribution is 2.22. The van der Waals surface area contributed by atoms with E-state index in [2.05, 4.69) is 9.97 Å². The average molecular weight is 348 g/mol. The molecule has 2 heterocycles. The molecule has 1 aliphatic heterocycles. The number of carbonyl (C=O) groups excluding carboxylic acids is 1. The molecule has 0 radical (unpaired) electrons. The van der Waals surface area contributed by atoms with Gasteiger partial charge in [-0.3, -0.25) is 4.90 Å². The summed E-state index contributed by atoms with van der Waals surface area (Å²) in [6.07, 6.45) is 2.75. The molecule has 1 amide bonds. The summed E-state index contributed by atoms with van der Waals surface area (Å²) in [5.41, 5.74) is 0.923. The first kappa shape index (κ1) is 16.7. The number of carbonyl (C=O) groups is 1. The Morgan fingerprint density at radius 1 is 1.33 bits per heavy atom. The van der Waals surface area contributed by atoms with Crippen molar-refractivity contribution in [1.82, 2.24) is 9.97 Å². The van der Waals surface area contributed by atoms with Crippen LogP contribution in [-0.2, 0) is 16.1 Å². The molecule has 1 fully saturated rings. The molecular weight excluding hydrogens is 330 g/mol. The van der Waals surface area contributed by atoms with E-state index in [0.29, 0.717) is 19.0 Å². The van der Waals surface area contributed by atoms with Crippen LogP contribution in [0.15, 0.2) is 42.6 Å². The molecule has 0 spiro atoms. The van der Waals surface area contributed by atoms with Crippen LogP contribution in [0, 0.1) is 0 Å². The third-order valence-electron chi connectivity index (χ3n) is 3.76. The normalized spacial score (nSPS) is 17.3. The van der Waals surface area contributed by atoms with E-state index in [-0.39, 0.29) is 17.9 Å². The molecule has 0 bridgehead atoms. The Bertz CT molecular complexity index is 678. The number of anilines is 1. The molecule has 6 nitrogen and oxygen atoms in total. The smallest absolute Gasteiger partial charge is 0.416 e. The Balaban J connectivity index is 1.76. The van der Waals surface area contributed by atoms with Gasteiger partial charge in [0.1, 0.15) is 12.4 Å². The highest BCUT2D eigenvalue weighted by molar-refractivity contribution is 6.28. The van der Waals surface area contributed by atoms with Crippen molar-refractivity contribution in [2.75, 3.05) is 18.1 Å². The Kier molecular flexibility index (Phi) is 5.61. The number of halogens is 1. The van der Waals surface area contributed by atoms with E-state index in [1.54, 1.807) is 6.07 Å². The van der Waals surface area contributed by atoms with Crippen LogP contribution in [0.3, 0.4) is 0 Å². The van der Waals surface area contributed by atoms with Crippen LogP contribution in [0.5, 0.6) is 0 Å². The molecule has 3 rings (SSSR count). The maximum Gasteiger partial charge on any atom is 0.416 e. The lowest BCUT2D eigenvalue weighted by atomic mass is 10.1. The first-order valence-corrected chi connectivity index (χ1v) is 8.18. The molecule has 1 unspecified atom stereocenters. The van der Waals surface area contributed by atoms with E-state index in [1.165, 1.54) is 11.1 Å². The van der Waals surface area contributed by atoms with E-state index in [1.807, 2.05) is 30.3 Å². The van der Waals surface area contributed by atoms with Crippen LogP contribution in [-0.4, -0.2) is 35.3 Å². The minimum atomic E-state index is -0.468. The van der Waals surface area contributed by atoms with E-state index in [0.717, 1.165) is 18.4 Å². The average Bonchev–Trinajstić information content (AvgIpc) is 2.62. The molecule has 1 aliphatic rings. The molecule has 7 heteroatoms. The number of hydrogen-bond acceptors (Lipinski definition) is 5. The van der Waals surface area contributed by atoms with Crippen LogP contribution in [0.4, 0.5) is 10.6 Å². The molecule has 0 saturated carbocycles. The van der Waals surface area contributed by atoms with Crippen molar-refractivity contribution in [3.63, 3.8) is 0 Å². The van der Waals surface area contributed by atoms with Crippen molar-refractivity contribution >= 4 is 23.5 Å². The topological polar surface area (TPSA) is 64.5 Å². The number of hydrogen-bond donors (Lipinski definition) is 0. The Labute approximate surface area is 145 Å². The fraction of sp³-hybridized carbons (Fsp3) is 0.353. The Morgan fingerprint density at radius 3 is 2.88 bits per heavy atom. The van der Waals surface area contributed by atoms with Gasteiger partial charge in [0.25, 0.3) is 0 Å². The number of aromatic nitrogens is 2. The zero-order valence-corrected chi connectivity index (χ0v) is 13.9. The van der Waals surface area contributed by atoms with Crippen molar-refractivity contribution < 1.29 is 14.3 Å². The molecule has 1 aromatic heterocycles. The summed E-state index contributed by atoms with van der Waals surface area (Å²) in [6.45, 7) is 1.35. The van der Waals surface area contributed by atoms with Gasteiger partial charge in [-0.1, -0.05) is 30.3 Å². The highest BCUT2D eigenvalue weighted by atomic mass is 35.5. The standard InChI is InChI=1S/C17H18ClN3O3/c18-16-19-9-8-15(20-16)21(14-7-4-10-23-12-14)17(22)24-11-13-5-2-1-3-6-13/h1-3,5-6,8-9,14H,4,7,10-12H2. The van der Waals surface area contributed by atoms with Crippen molar-refractivity contribution in [3.8, 4) is 0 Å². The Hall–Kier alpha value is -2.18. The van der Waals surface area contributed by atoms with Gasteiger partial charge in [-0.05, 0) is 36.1 Å². The van der Waals surface area contributed by atoms with Crippen molar-refractivity contribution in [3.05, 3.63) is 53.4 Å². The van der Waals surface area contributed by atoms with E-state index < -0.39 is 6.09 Å².